The lowest BCUT2D eigenvalue weighted by atomic mass is 10.1. The summed E-state index contributed by atoms with van der Waals surface area (Å²) in [5.74, 6) is -4.28. The summed E-state index contributed by atoms with van der Waals surface area (Å²) in [5.41, 5.74) is 0.648. The zero-order chi connectivity index (χ0) is 13.0. The van der Waals surface area contributed by atoms with E-state index in [0.29, 0.717) is 5.56 Å². The Morgan fingerprint density at radius 1 is 1.12 bits per heavy atom. The molecule has 0 saturated carbocycles. The first kappa shape index (κ1) is 13.2. The van der Waals surface area contributed by atoms with Crippen LogP contribution in [-0.4, -0.2) is 0 Å². The maximum absolute atomic E-state index is 12.9. The van der Waals surface area contributed by atoms with Crippen LogP contribution in [0.3, 0.4) is 0 Å². The zero-order valence-electron chi connectivity index (χ0n) is 8.94. The zero-order valence-corrected chi connectivity index (χ0v) is 8.94. The van der Waals surface area contributed by atoms with Gasteiger partial charge in [0.15, 0.2) is 23.3 Å². The van der Waals surface area contributed by atoms with E-state index in [1.807, 2.05) is 0 Å². The summed E-state index contributed by atoms with van der Waals surface area (Å²) in [6, 6.07) is 3.29. The van der Waals surface area contributed by atoms with E-state index in [0.717, 1.165) is 18.2 Å². The Morgan fingerprint density at radius 2 is 1.76 bits per heavy atom. The molecular weight excluding hydrogens is 232 g/mol. The summed E-state index contributed by atoms with van der Waals surface area (Å²) in [7, 11) is 0. The average molecular weight is 242 g/mol. The molecule has 1 aromatic rings. The van der Waals surface area contributed by atoms with Crippen LogP contribution in [0.15, 0.2) is 54.7 Å². The van der Waals surface area contributed by atoms with Gasteiger partial charge in [-0.05, 0) is 35.8 Å². The van der Waals surface area contributed by atoms with Crippen molar-refractivity contribution in [2.75, 3.05) is 0 Å². The molecule has 0 fully saturated rings. The third-order valence-corrected chi connectivity index (χ3v) is 2.01. The molecule has 17 heavy (non-hydrogen) atoms. The highest BCUT2D eigenvalue weighted by Crippen LogP contribution is 2.17. The van der Waals surface area contributed by atoms with Gasteiger partial charge in [-0.25, -0.2) is 17.6 Å². The fraction of sp³-hybridized carbons (Fsp3) is 0.0769. The van der Waals surface area contributed by atoms with Crippen molar-refractivity contribution >= 4 is 0 Å². The van der Waals surface area contributed by atoms with Crippen molar-refractivity contribution in [3.8, 4) is 0 Å². The maximum atomic E-state index is 12.9. The molecule has 0 aliphatic rings. The molecule has 0 nitrogen and oxygen atoms in total. The van der Waals surface area contributed by atoms with Crippen LogP contribution in [-0.2, 0) is 6.42 Å². The fourth-order valence-electron chi connectivity index (χ4n) is 1.22. The van der Waals surface area contributed by atoms with Crippen LogP contribution in [0.25, 0.3) is 0 Å². The van der Waals surface area contributed by atoms with Gasteiger partial charge >= 0.3 is 0 Å². The Kier molecular flexibility index (Phi) is 4.26. The Balaban J connectivity index is 2.78. The van der Waals surface area contributed by atoms with Crippen molar-refractivity contribution in [1.29, 1.82) is 0 Å². The second kappa shape index (κ2) is 5.48. The molecule has 0 heterocycles. The van der Waals surface area contributed by atoms with Crippen LogP contribution in [0.2, 0.25) is 0 Å². The van der Waals surface area contributed by atoms with Gasteiger partial charge in [0, 0.05) is 0 Å². The molecule has 1 aromatic carbocycles. The fourth-order valence-corrected chi connectivity index (χ4v) is 1.22. The molecule has 0 aliphatic heterocycles. The van der Waals surface area contributed by atoms with Crippen molar-refractivity contribution in [1.82, 2.24) is 0 Å². The SMILES string of the molecule is C=C(/C=C(/F)C(=C)F)Cc1ccc(F)c(F)c1. The second-order valence-electron chi connectivity index (χ2n) is 3.48. The molecule has 90 valence electrons. The summed E-state index contributed by atoms with van der Waals surface area (Å²) in [4.78, 5) is 0. The van der Waals surface area contributed by atoms with Crippen LogP contribution < -0.4 is 0 Å². The van der Waals surface area contributed by atoms with Crippen molar-refractivity contribution < 1.29 is 17.6 Å². The molecule has 0 spiro atoms. The van der Waals surface area contributed by atoms with Crippen molar-refractivity contribution in [3.05, 3.63) is 71.9 Å². The molecule has 0 N–H and O–H groups in total. The van der Waals surface area contributed by atoms with Crippen molar-refractivity contribution in [2.45, 2.75) is 6.42 Å². The molecule has 0 atom stereocenters. The van der Waals surface area contributed by atoms with Gasteiger partial charge in [0.05, 0.1) is 0 Å². The molecule has 0 radical (unpaired) electrons. The lowest BCUT2D eigenvalue weighted by Crippen LogP contribution is -1.91. The van der Waals surface area contributed by atoms with E-state index >= 15 is 0 Å². The van der Waals surface area contributed by atoms with Crippen LogP contribution in [0, 0.1) is 11.6 Å². The van der Waals surface area contributed by atoms with Gasteiger partial charge in [-0.2, -0.15) is 0 Å². The summed E-state index contributed by atoms with van der Waals surface area (Å²) in [5, 5.41) is 0. The molecule has 0 unspecified atom stereocenters. The smallest absolute Gasteiger partial charge is 0.159 e. The molecule has 0 bridgehead atoms. The molecule has 0 aromatic heterocycles. The van der Waals surface area contributed by atoms with Crippen molar-refractivity contribution in [2.24, 2.45) is 0 Å². The Bertz CT molecular complexity index is 486. The Labute approximate surface area is 96.6 Å². The largest absolute Gasteiger partial charge is 0.204 e. The topological polar surface area (TPSA) is 0 Å². The van der Waals surface area contributed by atoms with Crippen LogP contribution in [0.4, 0.5) is 17.6 Å². The van der Waals surface area contributed by atoms with E-state index in [1.54, 1.807) is 0 Å². The minimum absolute atomic E-state index is 0.0951. The molecule has 0 amide bonds. The van der Waals surface area contributed by atoms with E-state index in [-0.39, 0.29) is 12.0 Å². The third-order valence-electron chi connectivity index (χ3n) is 2.01. The lowest BCUT2D eigenvalue weighted by Gasteiger charge is -2.02. The minimum Gasteiger partial charge on any atom is -0.204 e. The molecule has 1 rings (SSSR count). The van der Waals surface area contributed by atoms with Crippen molar-refractivity contribution in [3.63, 3.8) is 0 Å². The molecule has 0 saturated heterocycles. The van der Waals surface area contributed by atoms with E-state index in [9.17, 15) is 17.6 Å². The van der Waals surface area contributed by atoms with Gasteiger partial charge in [0.1, 0.15) is 0 Å². The highest BCUT2D eigenvalue weighted by Gasteiger charge is 2.05. The summed E-state index contributed by atoms with van der Waals surface area (Å²) >= 11 is 0. The van der Waals surface area contributed by atoms with E-state index in [1.165, 1.54) is 6.07 Å². The first-order valence-electron chi connectivity index (χ1n) is 4.74. The van der Waals surface area contributed by atoms with Crippen LogP contribution >= 0.6 is 0 Å². The van der Waals surface area contributed by atoms with Gasteiger partial charge in [0.25, 0.3) is 0 Å². The predicted molar refractivity (Wildman–Crippen MR) is 58.6 cm³/mol. The quantitative estimate of drug-likeness (QED) is 0.542. The highest BCUT2D eigenvalue weighted by molar-refractivity contribution is 5.31. The van der Waals surface area contributed by atoms with E-state index < -0.39 is 23.3 Å². The normalized spacial score (nSPS) is 11.4. The first-order valence-corrected chi connectivity index (χ1v) is 4.74. The average Bonchev–Trinajstić information content (AvgIpc) is 2.23. The number of benzene rings is 1. The van der Waals surface area contributed by atoms with E-state index in [2.05, 4.69) is 13.2 Å². The molecule has 0 aliphatic carbocycles. The lowest BCUT2D eigenvalue weighted by molar-refractivity contribution is 0.507. The Morgan fingerprint density at radius 3 is 2.29 bits per heavy atom. The third kappa shape index (κ3) is 3.90. The van der Waals surface area contributed by atoms with Gasteiger partial charge < -0.3 is 0 Å². The number of halogens is 4. The number of rotatable bonds is 4. The second-order valence-corrected chi connectivity index (χ2v) is 3.48. The predicted octanol–water partition coefficient (Wildman–Crippen LogP) is 4.40. The molecular formula is C13H10F4. The maximum Gasteiger partial charge on any atom is 0.159 e. The monoisotopic (exact) mass is 242 g/mol. The van der Waals surface area contributed by atoms with Gasteiger partial charge in [-0.1, -0.05) is 19.2 Å². The summed E-state index contributed by atoms with van der Waals surface area (Å²) in [6.45, 7) is 6.26. The number of hydrogen-bond acceptors (Lipinski definition) is 0. The van der Waals surface area contributed by atoms with Gasteiger partial charge in [-0.3, -0.25) is 0 Å². The van der Waals surface area contributed by atoms with Gasteiger partial charge in [-0.15, -0.1) is 0 Å². The van der Waals surface area contributed by atoms with E-state index in [4.69, 9.17) is 0 Å². The van der Waals surface area contributed by atoms with Crippen LogP contribution in [0.5, 0.6) is 0 Å². The highest BCUT2D eigenvalue weighted by atomic mass is 19.2. The summed E-state index contributed by atoms with van der Waals surface area (Å²) in [6.07, 6.45) is 0.960. The molecule has 4 heteroatoms. The Hall–Kier alpha value is -1.84. The summed E-state index contributed by atoms with van der Waals surface area (Å²) < 4.78 is 50.6. The van der Waals surface area contributed by atoms with Gasteiger partial charge in [0.2, 0.25) is 0 Å². The standard InChI is InChI=1S/C13H10F4/c1-8(6-12(16)9(2)14)5-10-3-4-11(15)13(17)7-10/h3-4,6-7H,1-2,5H2/b12-6+. The minimum atomic E-state index is -1.20. The first-order chi connectivity index (χ1) is 7.90. The number of hydrogen-bond donors (Lipinski definition) is 0. The number of allylic oxidation sites excluding steroid dienone is 4. The van der Waals surface area contributed by atoms with Crippen LogP contribution in [0.1, 0.15) is 5.56 Å².